The zero-order chi connectivity index (χ0) is 14.4. The molecule has 2 rings (SSSR count). The Morgan fingerprint density at radius 1 is 1.25 bits per heavy atom. The Morgan fingerprint density at radius 2 is 2.10 bits per heavy atom. The van der Waals surface area contributed by atoms with Crippen molar-refractivity contribution >= 4 is 16.9 Å². The standard InChI is InChI=1S/C16H23N3O/c1-3-5-15-18-13-8-6-12(11-14(13)19-15)7-9-16(20)17-10-4-2/h6,8,11H,3-5,7,9-10H2,1-2H3,(H,17,20)(H,18,19). The van der Waals surface area contributed by atoms with Crippen LogP contribution in [-0.4, -0.2) is 22.4 Å². The van der Waals surface area contributed by atoms with E-state index >= 15 is 0 Å². The van der Waals surface area contributed by atoms with Gasteiger partial charge >= 0.3 is 0 Å². The van der Waals surface area contributed by atoms with Crippen LogP contribution >= 0.6 is 0 Å². The number of H-pyrrole nitrogens is 1. The first-order valence-corrected chi connectivity index (χ1v) is 7.47. The van der Waals surface area contributed by atoms with Crippen LogP contribution in [0.5, 0.6) is 0 Å². The molecule has 0 aliphatic carbocycles. The molecule has 20 heavy (non-hydrogen) atoms. The minimum Gasteiger partial charge on any atom is -0.356 e. The molecule has 2 aromatic rings. The molecular weight excluding hydrogens is 250 g/mol. The van der Waals surface area contributed by atoms with E-state index in [1.54, 1.807) is 0 Å². The lowest BCUT2D eigenvalue weighted by molar-refractivity contribution is -0.121. The van der Waals surface area contributed by atoms with Crippen LogP contribution in [0, 0.1) is 0 Å². The van der Waals surface area contributed by atoms with Gasteiger partial charge < -0.3 is 10.3 Å². The molecule has 1 heterocycles. The number of fused-ring (bicyclic) bond motifs is 1. The summed E-state index contributed by atoms with van der Waals surface area (Å²) in [6, 6.07) is 6.20. The lowest BCUT2D eigenvalue weighted by atomic mass is 10.1. The summed E-state index contributed by atoms with van der Waals surface area (Å²) in [6.45, 7) is 4.96. The zero-order valence-corrected chi connectivity index (χ0v) is 12.3. The van der Waals surface area contributed by atoms with Crippen LogP contribution in [0.4, 0.5) is 0 Å². The molecule has 2 N–H and O–H groups in total. The topological polar surface area (TPSA) is 57.8 Å². The van der Waals surface area contributed by atoms with Gasteiger partial charge in [-0.25, -0.2) is 4.98 Å². The van der Waals surface area contributed by atoms with Crippen LogP contribution in [0.3, 0.4) is 0 Å². The van der Waals surface area contributed by atoms with E-state index in [1.165, 1.54) is 5.56 Å². The number of hydrogen-bond donors (Lipinski definition) is 2. The molecule has 0 radical (unpaired) electrons. The fourth-order valence-corrected chi connectivity index (χ4v) is 2.23. The number of aromatic nitrogens is 2. The van der Waals surface area contributed by atoms with Crippen molar-refractivity contribution in [3.63, 3.8) is 0 Å². The fourth-order valence-electron chi connectivity index (χ4n) is 2.23. The van der Waals surface area contributed by atoms with Gasteiger partial charge in [-0.15, -0.1) is 0 Å². The molecule has 1 aromatic heterocycles. The number of carbonyl (C=O) groups excluding carboxylic acids is 1. The Morgan fingerprint density at radius 3 is 2.85 bits per heavy atom. The Kier molecular flexibility index (Phi) is 5.16. The van der Waals surface area contributed by atoms with Crippen LogP contribution in [0.25, 0.3) is 11.0 Å². The average molecular weight is 273 g/mol. The van der Waals surface area contributed by atoms with Gasteiger partial charge in [-0.3, -0.25) is 4.79 Å². The first-order chi connectivity index (χ1) is 9.72. The maximum atomic E-state index is 11.6. The van der Waals surface area contributed by atoms with Gasteiger partial charge in [0.05, 0.1) is 11.0 Å². The van der Waals surface area contributed by atoms with E-state index in [1.807, 2.05) is 6.07 Å². The second-order valence-corrected chi connectivity index (χ2v) is 5.13. The summed E-state index contributed by atoms with van der Waals surface area (Å²) in [5.41, 5.74) is 3.25. The van der Waals surface area contributed by atoms with Crippen molar-refractivity contribution in [3.8, 4) is 0 Å². The molecule has 0 saturated heterocycles. The molecule has 4 heteroatoms. The minimum absolute atomic E-state index is 0.128. The number of aryl methyl sites for hydroxylation is 2. The Hall–Kier alpha value is -1.84. The highest BCUT2D eigenvalue weighted by Crippen LogP contribution is 2.15. The van der Waals surface area contributed by atoms with Crippen molar-refractivity contribution in [2.45, 2.75) is 46.0 Å². The van der Waals surface area contributed by atoms with Gasteiger partial charge in [-0.2, -0.15) is 0 Å². The predicted molar refractivity (Wildman–Crippen MR) is 81.7 cm³/mol. The first-order valence-electron chi connectivity index (χ1n) is 7.47. The number of carbonyl (C=O) groups is 1. The zero-order valence-electron chi connectivity index (χ0n) is 12.3. The summed E-state index contributed by atoms with van der Waals surface area (Å²) in [4.78, 5) is 19.5. The van der Waals surface area contributed by atoms with Crippen molar-refractivity contribution in [1.29, 1.82) is 0 Å². The van der Waals surface area contributed by atoms with Crippen molar-refractivity contribution in [1.82, 2.24) is 15.3 Å². The highest BCUT2D eigenvalue weighted by molar-refractivity contribution is 5.78. The summed E-state index contributed by atoms with van der Waals surface area (Å²) < 4.78 is 0. The predicted octanol–water partition coefficient (Wildman–Crippen LogP) is 2.97. The van der Waals surface area contributed by atoms with Gasteiger partial charge in [0.25, 0.3) is 0 Å². The van der Waals surface area contributed by atoms with Crippen LogP contribution < -0.4 is 5.32 Å². The molecule has 0 aliphatic heterocycles. The lowest BCUT2D eigenvalue weighted by Gasteiger charge is -2.03. The maximum Gasteiger partial charge on any atom is 0.220 e. The van der Waals surface area contributed by atoms with Crippen molar-refractivity contribution in [3.05, 3.63) is 29.6 Å². The number of nitrogens with zero attached hydrogens (tertiary/aromatic N) is 1. The number of aromatic amines is 1. The van der Waals surface area contributed by atoms with Crippen LogP contribution in [0.1, 0.15) is 44.5 Å². The smallest absolute Gasteiger partial charge is 0.220 e. The van der Waals surface area contributed by atoms with Crippen molar-refractivity contribution in [2.75, 3.05) is 6.54 Å². The second kappa shape index (κ2) is 7.08. The summed E-state index contributed by atoms with van der Waals surface area (Å²) >= 11 is 0. The van der Waals surface area contributed by atoms with Gasteiger partial charge in [-0.1, -0.05) is 19.9 Å². The summed E-state index contributed by atoms with van der Waals surface area (Å²) in [5.74, 6) is 1.17. The largest absolute Gasteiger partial charge is 0.356 e. The molecule has 0 aliphatic rings. The molecule has 0 spiro atoms. The Labute approximate surface area is 120 Å². The SMILES string of the molecule is CCCNC(=O)CCc1ccc2nc(CCC)[nH]c2c1. The van der Waals surface area contributed by atoms with E-state index in [0.29, 0.717) is 6.42 Å². The van der Waals surface area contributed by atoms with E-state index in [-0.39, 0.29) is 5.91 Å². The quantitative estimate of drug-likeness (QED) is 0.814. The summed E-state index contributed by atoms with van der Waals surface area (Å²) in [6.07, 6.45) is 4.36. The van der Waals surface area contributed by atoms with E-state index in [2.05, 4.69) is 41.3 Å². The van der Waals surface area contributed by atoms with Gasteiger partial charge in [0.1, 0.15) is 5.82 Å². The third-order valence-electron chi connectivity index (χ3n) is 3.30. The first kappa shape index (κ1) is 14.6. The monoisotopic (exact) mass is 273 g/mol. The fraction of sp³-hybridized carbons (Fsp3) is 0.500. The molecule has 0 saturated carbocycles. The molecule has 0 bridgehead atoms. The number of hydrogen-bond acceptors (Lipinski definition) is 2. The third-order valence-corrected chi connectivity index (χ3v) is 3.30. The molecule has 1 amide bonds. The molecule has 108 valence electrons. The molecule has 0 fully saturated rings. The number of amides is 1. The van der Waals surface area contributed by atoms with E-state index in [4.69, 9.17) is 0 Å². The summed E-state index contributed by atoms with van der Waals surface area (Å²) in [5, 5.41) is 2.90. The molecule has 1 aromatic carbocycles. The van der Waals surface area contributed by atoms with E-state index in [0.717, 1.165) is 49.1 Å². The van der Waals surface area contributed by atoms with Crippen LogP contribution in [0.2, 0.25) is 0 Å². The maximum absolute atomic E-state index is 11.6. The van der Waals surface area contributed by atoms with E-state index < -0.39 is 0 Å². The molecule has 0 atom stereocenters. The highest BCUT2D eigenvalue weighted by Gasteiger charge is 2.05. The van der Waals surface area contributed by atoms with Gasteiger partial charge in [0.15, 0.2) is 0 Å². The highest BCUT2D eigenvalue weighted by atomic mass is 16.1. The van der Waals surface area contributed by atoms with Crippen molar-refractivity contribution in [2.24, 2.45) is 0 Å². The number of benzene rings is 1. The van der Waals surface area contributed by atoms with Gasteiger partial charge in [-0.05, 0) is 37.0 Å². The second-order valence-electron chi connectivity index (χ2n) is 5.13. The Balaban J connectivity index is 1.98. The average Bonchev–Trinajstić information content (AvgIpc) is 2.84. The third kappa shape index (κ3) is 3.83. The lowest BCUT2D eigenvalue weighted by Crippen LogP contribution is -2.24. The van der Waals surface area contributed by atoms with E-state index in [9.17, 15) is 4.79 Å². The van der Waals surface area contributed by atoms with Gasteiger partial charge in [0.2, 0.25) is 5.91 Å². The van der Waals surface area contributed by atoms with Crippen LogP contribution in [-0.2, 0) is 17.6 Å². The summed E-state index contributed by atoms with van der Waals surface area (Å²) in [7, 11) is 0. The van der Waals surface area contributed by atoms with Gasteiger partial charge in [0, 0.05) is 19.4 Å². The molecule has 0 unspecified atom stereocenters. The number of rotatable bonds is 7. The number of imidazole rings is 1. The Bertz CT molecular complexity index is 574. The molecule has 4 nitrogen and oxygen atoms in total. The minimum atomic E-state index is 0.128. The number of nitrogens with one attached hydrogen (secondary N) is 2. The van der Waals surface area contributed by atoms with Crippen molar-refractivity contribution < 1.29 is 4.79 Å². The van der Waals surface area contributed by atoms with Crippen LogP contribution in [0.15, 0.2) is 18.2 Å². The molecular formula is C16H23N3O. The normalized spacial score (nSPS) is 10.9.